The van der Waals surface area contributed by atoms with E-state index in [4.69, 9.17) is 5.26 Å². The number of sulfonamides is 1. The van der Waals surface area contributed by atoms with Crippen molar-refractivity contribution in [2.75, 3.05) is 7.11 Å². The summed E-state index contributed by atoms with van der Waals surface area (Å²) in [6.45, 7) is 0. The van der Waals surface area contributed by atoms with Crippen LogP contribution in [0.3, 0.4) is 0 Å². The first-order valence-electron chi connectivity index (χ1n) is 3.45. The summed E-state index contributed by atoms with van der Waals surface area (Å²) >= 11 is 0.727. The van der Waals surface area contributed by atoms with Crippen LogP contribution in [0.2, 0.25) is 0 Å². The van der Waals surface area contributed by atoms with Gasteiger partial charge in [0.05, 0.1) is 12.6 Å². The van der Waals surface area contributed by atoms with Gasteiger partial charge >= 0.3 is 5.97 Å². The van der Waals surface area contributed by atoms with E-state index in [-0.39, 0.29) is 9.90 Å². The molecular formula is C6H5N3O4S2. The summed E-state index contributed by atoms with van der Waals surface area (Å²) in [6, 6.07) is 0. The first-order valence-corrected chi connectivity index (χ1v) is 5.82. The highest BCUT2D eigenvalue weighted by Gasteiger charge is 2.26. The van der Waals surface area contributed by atoms with E-state index in [1.807, 2.05) is 0 Å². The predicted octanol–water partition coefficient (Wildman–Crippen LogP) is -0.311. The number of nitriles is 1. The van der Waals surface area contributed by atoms with Crippen molar-refractivity contribution >= 4 is 27.3 Å². The lowest BCUT2D eigenvalue weighted by Gasteiger charge is -1.99. The molecule has 80 valence electrons. The fraction of sp³-hybridized carbons (Fsp3) is 0.167. The van der Waals surface area contributed by atoms with Crippen LogP contribution in [0.1, 0.15) is 10.5 Å². The minimum Gasteiger partial charge on any atom is -0.464 e. The molecule has 1 aromatic heterocycles. The largest absolute Gasteiger partial charge is 0.464 e. The third-order valence-corrected chi connectivity index (χ3v) is 3.94. The molecule has 0 aromatic carbocycles. The van der Waals surface area contributed by atoms with Gasteiger partial charge < -0.3 is 4.74 Å². The van der Waals surface area contributed by atoms with E-state index in [1.165, 1.54) is 11.7 Å². The SMILES string of the molecule is COC(=O)c1ncsc1S(=O)(=O)NC#N. The molecule has 1 rings (SSSR count). The lowest BCUT2D eigenvalue weighted by Crippen LogP contribution is -2.20. The number of carbonyl (C=O) groups excluding carboxylic acids is 1. The van der Waals surface area contributed by atoms with E-state index in [0.29, 0.717) is 0 Å². The second-order valence-corrected chi connectivity index (χ2v) is 4.93. The molecule has 7 nitrogen and oxygen atoms in total. The molecule has 9 heteroatoms. The maximum atomic E-state index is 11.4. The van der Waals surface area contributed by atoms with Crippen molar-refractivity contribution in [3.63, 3.8) is 0 Å². The Morgan fingerprint density at radius 1 is 1.73 bits per heavy atom. The van der Waals surface area contributed by atoms with Crippen molar-refractivity contribution in [3.8, 4) is 6.19 Å². The Kier molecular flexibility index (Phi) is 3.23. The molecule has 0 atom stereocenters. The smallest absolute Gasteiger partial charge is 0.359 e. The lowest BCUT2D eigenvalue weighted by atomic mass is 10.5. The zero-order valence-electron chi connectivity index (χ0n) is 7.42. The Hall–Kier alpha value is -1.66. The topological polar surface area (TPSA) is 109 Å². The maximum absolute atomic E-state index is 11.4. The van der Waals surface area contributed by atoms with Gasteiger partial charge in [0.2, 0.25) is 0 Å². The average molecular weight is 247 g/mol. The van der Waals surface area contributed by atoms with Crippen LogP contribution in [0.25, 0.3) is 0 Å². The van der Waals surface area contributed by atoms with E-state index in [0.717, 1.165) is 18.4 Å². The number of hydrogen-bond donors (Lipinski definition) is 1. The maximum Gasteiger partial charge on any atom is 0.359 e. The molecule has 1 heterocycles. The molecule has 1 N–H and O–H groups in total. The van der Waals surface area contributed by atoms with Crippen LogP contribution in [0.5, 0.6) is 0 Å². The second-order valence-electron chi connectivity index (χ2n) is 2.20. The summed E-state index contributed by atoms with van der Waals surface area (Å²) < 4.78 is 28.3. The number of aromatic nitrogens is 1. The van der Waals surface area contributed by atoms with Gasteiger partial charge in [0, 0.05) is 0 Å². The van der Waals surface area contributed by atoms with Gasteiger partial charge in [-0.25, -0.2) is 14.5 Å². The molecule has 0 spiro atoms. The highest BCUT2D eigenvalue weighted by molar-refractivity contribution is 7.91. The van der Waals surface area contributed by atoms with Gasteiger partial charge in [-0.15, -0.1) is 11.3 Å². The molecule has 0 aliphatic rings. The molecule has 0 aliphatic heterocycles. The van der Waals surface area contributed by atoms with Crippen LogP contribution >= 0.6 is 11.3 Å². The number of methoxy groups -OCH3 is 1. The van der Waals surface area contributed by atoms with E-state index in [2.05, 4.69) is 9.72 Å². The number of carbonyl (C=O) groups is 1. The van der Waals surface area contributed by atoms with Gasteiger partial charge in [-0.1, -0.05) is 0 Å². The summed E-state index contributed by atoms with van der Waals surface area (Å²) in [4.78, 5) is 14.6. The Morgan fingerprint density at radius 2 is 2.40 bits per heavy atom. The van der Waals surface area contributed by atoms with Gasteiger partial charge in [0.1, 0.15) is 0 Å². The number of thiazole rings is 1. The highest BCUT2D eigenvalue weighted by Crippen LogP contribution is 2.20. The molecule has 15 heavy (non-hydrogen) atoms. The first kappa shape index (κ1) is 11.4. The fourth-order valence-corrected chi connectivity index (χ4v) is 2.63. The third kappa shape index (κ3) is 2.23. The quantitative estimate of drug-likeness (QED) is 0.445. The monoisotopic (exact) mass is 247 g/mol. The molecule has 0 amide bonds. The summed E-state index contributed by atoms with van der Waals surface area (Å²) in [6.07, 6.45) is 1.27. The second kappa shape index (κ2) is 4.24. The van der Waals surface area contributed by atoms with Crippen LogP contribution in [0.4, 0.5) is 0 Å². The molecule has 1 aromatic rings. The summed E-state index contributed by atoms with van der Waals surface area (Å²) in [5.41, 5.74) is 0.850. The number of nitrogens with zero attached hydrogens (tertiary/aromatic N) is 2. The molecule has 0 unspecified atom stereocenters. The zero-order valence-corrected chi connectivity index (χ0v) is 9.05. The number of esters is 1. The lowest BCUT2D eigenvalue weighted by molar-refractivity contribution is 0.0590. The molecule has 0 bridgehead atoms. The van der Waals surface area contributed by atoms with Crippen LogP contribution in [0.15, 0.2) is 9.72 Å². The standard InChI is InChI=1S/C6H5N3O4S2/c1-13-5(10)4-6(14-3-8-4)15(11,12)9-2-7/h3,9H,1H3. The Bertz CT molecular complexity index is 513. The van der Waals surface area contributed by atoms with Crippen molar-refractivity contribution in [1.29, 1.82) is 5.26 Å². The predicted molar refractivity (Wildman–Crippen MR) is 49.4 cm³/mol. The van der Waals surface area contributed by atoms with Crippen LogP contribution in [-0.4, -0.2) is 26.5 Å². The molecule has 0 saturated carbocycles. The van der Waals surface area contributed by atoms with Crippen LogP contribution in [0, 0.1) is 11.5 Å². The number of hydrogen-bond acceptors (Lipinski definition) is 7. The number of rotatable bonds is 3. The van der Waals surface area contributed by atoms with Gasteiger partial charge in [-0.3, -0.25) is 0 Å². The summed E-state index contributed by atoms with van der Waals surface area (Å²) in [5.74, 6) is -0.866. The van der Waals surface area contributed by atoms with E-state index < -0.39 is 16.0 Å². The Balaban J connectivity index is 3.23. The summed E-state index contributed by atoms with van der Waals surface area (Å²) in [7, 11) is -2.90. The van der Waals surface area contributed by atoms with Gasteiger partial charge in [0.15, 0.2) is 16.1 Å². The Morgan fingerprint density at radius 3 is 2.93 bits per heavy atom. The normalized spacial score (nSPS) is 10.4. The molecule has 0 fully saturated rings. The van der Waals surface area contributed by atoms with Crippen LogP contribution in [-0.2, 0) is 14.8 Å². The van der Waals surface area contributed by atoms with Crippen molar-refractivity contribution in [2.24, 2.45) is 0 Å². The third-order valence-electron chi connectivity index (χ3n) is 1.34. The van der Waals surface area contributed by atoms with Crippen molar-refractivity contribution in [3.05, 3.63) is 11.2 Å². The number of nitrogens with one attached hydrogen (secondary N) is 1. The van der Waals surface area contributed by atoms with Crippen molar-refractivity contribution in [1.82, 2.24) is 9.71 Å². The highest BCUT2D eigenvalue weighted by atomic mass is 32.2. The molecule has 0 aliphatic carbocycles. The first-order chi connectivity index (χ1) is 7.03. The molecule has 0 saturated heterocycles. The van der Waals surface area contributed by atoms with Gasteiger partial charge in [-0.2, -0.15) is 13.7 Å². The fourth-order valence-electron chi connectivity index (χ4n) is 0.765. The van der Waals surface area contributed by atoms with E-state index in [1.54, 1.807) is 4.72 Å². The van der Waals surface area contributed by atoms with E-state index >= 15 is 0 Å². The Labute approximate surface area is 89.4 Å². The van der Waals surface area contributed by atoms with Gasteiger partial charge in [0.25, 0.3) is 10.0 Å². The van der Waals surface area contributed by atoms with Crippen LogP contribution < -0.4 is 4.72 Å². The number of ether oxygens (including phenoxy) is 1. The average Bonchev–Trinajstić information content (AvgIpc) is 2.65. The zero-order chi connectivity index (χ0) is 11.5. The van der Waals surface area contributed by atoms with Crippen molar-refractivity contribution in [2.45, 2.75) is 4.21 Å². The van der Waals surface area contributed by atoms with Gasteiger partial charge in [-0.05, 0) is 0 Å². The minimum atomic E-state index is -4.01. The summed E-state index contributed by atoms with van der Waals surface area (Å²) in [5, 5.41) is 8.22. The molecular weight excluding hydrogens is 242 g/mol. The molecule has 0 radical (unpaired) electrons. The van der Waals surface area contributed by atoms with Crippen molar-refractivity contribution < 1.29 is 17.9 Å². The minimum absolute atomic E-state index is 0.328. The van der Waals surface area contributed by atoms with E-state index in [9.17, 15) is 13.2 Å².